The van der Waals surface area contributed by atoms with E-state index in [1.165, 1.54) is 10.5 Å². The van der Waals surface area contributed by atoms with Gasteiger partial charge in [0.05, 0.1) is 4.47 Å². The molecule has 1 aromatic carbocycles. The van der Waals surface area contributed by atoms with E-state index in [2.05, 4.69) is 25.9 Å². The smallest absolute Gasteiger partial charge is 0.289 e. The number of aromatic nitrogens is 2. The van der Waals surface area contributed by atoms with E-state index < -0.39 is 10.0 Å². The number of H-pyrrole nitrogens is 1. The van der Waals surface area contributed by atoms with Crippen molar-refractivity contribution in [1.82, 2.24) is 19.2 Å². The number of carbonyl (C=O) groups excluding carboxylic acids is 1. The fourth-order valence-electron chi connectivity index (χ4n) is 3.70. The lowest BCUT2D eigenvalue weighted by molar-refractivity contribution is 0.0668. The molecule has 5 rings (SSSR count). The number of halogens is 1. The Labute approximate surface area is 180 Å². The Kier molecular flexibility index (Phi) is 4.64. The van der Waals surface area contributed by atoms with Gasteiger partial charge in [-0.1, -0.05) is 12.1 Å². The molecular weight excluding hydrogens is 472 g/mol. The molecule has 0 unspecified atom stereocenters. The van der Waals surface area contributed by atoms with Crippen molar-refractivity contribution >= 4 is 53.9 Å². The van der Waals surface area contributed by atoms with Crippen LogP contribution in [0, 0.1) is 0 Å². The van der Waals surface area contributed by atoms with Crippen LogP contribution in [0.2, 0.25) is 0 Å². The van der Waals surface area contributed by atoms with Crippen LogP contribution in [-0.2, 0) is 10.0 Å². The lowest BCUT2D eigenvalue weighted by Gasteiger charge is -2.33. The van der Waals surface area contributed by atoms with Gasteiger partial charge in [0.2, 0.25) is 10.0 Å². The molecule has 3 aromatic heterocycles. The van der Waals surface area contributed by atoms with Gasteiger partial charge in [0, 0.05) is 49.3 Å². The summed E-state index contributed by atoms with van der Waals surface area (Å²) in [6.45, 7) is 1.00. The maximum atomic E-state index is 13.1. The highest BCUT2D eigenvalue weighted by atomic mass is 79.9. The molecular formula is C20H17BrN4O4S. The predicted octanol–water partition coefficient (Wildman–Crippen LogP) is 3.22. The molecule has 0 saturated carbocycles. The largest absolute Gasteiger partial charge is 0.450 e. The number of furan rings is 1. The van der Waals surface area contributed by atoms with E-state index in [0.29, 0.717) is 16.6 Å². The molecule has 1 N–H and O–H groups in total. The van der Waals surface area contributed by atoms with Gasteiger partial charge >= 0.3 is 0 Å². The molecule has 0 spiro atoms. The Morgan fingerprint density at radius 3 is 2.70 bits per heavy atom. The minimum atomic E-state index is -3.69. The third-order valence-corrected chi connectivity index (χ3v) is 7.83. The topological polar surface area (TPSA) is 99.5 Å². The lowest BCUT2D eigenvalue weighted by atomic mass is 10.2. The van der Waals surface area contributed by atoms with Gasteiger partial charge in [0.25, 0.3) is 5.91 Å². The number of sulfonamides is 1. The third kappa shape index (κ3) is 3.11. The maximum Gasteiger partial charge on any atom is 0.289 e. The molecule has 0 aliphatic carbocycles. The predicted molar refractivity (Wildman–Crippen MR) is 115 cm³/mol. The summed E-state index contributed by atoms with van der Waals surface area (Å²) in [5.41, 5.74) is 1.15. The van der Waals surface area contributed by atoms with E-state index in [1.807, 2.05) is 18.2 Å². The molecule has 30 heavy (non-hydrogen) atoms. The zero-order valence-electron chi connectivity index (χ0n) is 15.7. The van der Waals surface area contributed by atoms with Crippen LogP contribution in [0.5, 0.6) is 0 Å². The Hall–Kier alpha value is -2.69. The number of pyridine rings is 1. The van der Waals surface area contributed by atoms with E-state index in [-0.39, 0.29) is 42.7 Å². The van der Waals surface area contributed by atoms with E-state index in [9.17, 15) is 13.2 Å². The van der Waals surface area contributed by atoms with Crippen molar-refractivity contribution in [2.24, 2.45) is 0 Å². The van der Waals surface area contributed by atoms with Gasteiger partial charge in [-0.15, -0.1) is 0 Å². The van der Waals surface area contributed by atoms with Crippen LogP contribution in [0.15, 0.2) is 62.6 Å². The number of fused-ring (bicyclic) bond motifs is 2. The number of carbonyl (C=O) groups is 1. The maximum absolute atomic E-state index is 13.1. The zero-order valence-corrected chi connectivity index (χ0v) is 18.1. The first-order valence-electron chi connectivity index (χ1n) is 9.35. The summed E-state index contributed by atoms with van der Waals surface area (Å²) in [4.78, 5) is 21.7. The molecule has 1 fully saturated rings. The van der Waals surface area contributed by atoms with E-state index in [4.69, 9.17) is 4.42 Å². The molecule has 1 amide bonds. The Bertz CT molecular complexity index is 1370. The van der Waals surface area contributed by atoms with Gasteiger partial charge in [-0.25, -0.2) is 13.4 Å². The quantitative estimate of drug-likeness (QED) is 0.477. The summed E-state index contributed by atoms with van der Waals surface area (Å²) in [6, 6.07) is 10.7. The summed E-state index contributed by atoms with van der Waals surface area (Å²) < 4.78 is 34.1. The normalized spacial score (nSPS) is 15.8. The summed E-state index contributed by atoms with van der Waals surface area (Å²) in [5.74, 6) is 0.00218. The number of aromatic amines is 1. The Morgan fingerprint density at radius 1 is 1.13 bits per heavy atom. The molecule has 8 nitrogen and oxygen atoms in total. The highest BCUT2D eigenvalue weighted by Crippen LogP contribution is 2.29. The number of para-hydroxylation sites is 1. The average Bonchev–Trinajstić information content (AvgIpc) is 3.39. The lowest BCUT2D eigenvalue weighted by Crippen LogP contribution is -2.50. The van der Waals surface area contributed by atoms with Gasteiger partial charge in [0.1, 0.15) is 16.1 Å². The van der Waals surface area contributed by atoms with E-state index in [1.54, 1.807) is 29.3 Å². The number of nitrogens with one attached hydrogen (secondary N) is 1. The van der Waals surface area contributed by atoms with Gasteiger partial charge in [-0.2, -0.15) is 4.31 Å². The fraction of sp³-hybridized carbons (Fsp3) is 0.200. The van der Waals surface area contributed by atoms with Crippen LogP contribution in [0.3, 0.4) is 0 Å². The van der Waals surface area contributed by atoms with E-state index in [0.717, 1.165) is 9.86 Å². The van der Waals surface area contributed by atoms with Crippen LogP contribution in [0.4, 0.5) is 0 Å². The van der Waals surface area contributed by atoms with Crippen molar-refractivity contribution in [3.05, 3.63) is 59.0 Å². The number of rotatable bonds is 3. The summed E-state index contributed by atoms with van der Waals surface area (Å²) >= 11 is 3.42. The molecule has 0 atom stereocenters. The van der Waals surface area contributed by atoms with Gasteiger partial charge < -0.3 is 14.3 Å². The van der Waals surface area contributed by atoms with Crippen LogP contribution in [0.1, 0.15) is 10.6 Å². The molecule has 4 heterocycles. The summed E-state index contributed by atoms with van der Waals surface area (Å²) in [5, 5.41) is 1.39. The number of piperazine rings is 1. The highest BCUT2D eigenvalue weighted by Gasteiger charge is 2.33. The van der Waals surface area contributed by atoms with Crippen molar-refractivity contribution in [2.75, 3.05) is 26.2 Å². The molecule has 1 aliphatic rings. The summed E-state index contributed by atoms with van der Waals surface area (Å²) in [7, 11) is -3.69. The van der Waals surface area contributed by atoms with Gasteiger partial charge in [-0.05, 0) is 40.2 Å². The number of hydrogen-bond acceptors (Lipinski definition) is 5. The SMILES string of the molecule is O=C(c1cc2cccc(Br)c2o1)N1CCN(S(=O)(=O)c2c[nH]c3ncccc23)CC1. The zero-order chi connectivity index (χ0) is 20.9. The monoisotopic (exact) mass is 488 g/mol. The second-order valence-electron chi connectivity index (χ2n) is 7.02. The van der Waals surface area contributed by atoms with Crippen molar-refractivity contribution in [2.45, 2.75) is 4.90 Å². The van der Waals surface area contributed by atoms with Crippen LogP contribution < -0.4 is 0 Å². The third-order valence-electron chi connectivity index (χ3n) is 5.26. The van der Waals surface area contributed by atoms with Crippen LogP contribution >= 0.6 is 15.9 Å². The molecule has 10 heteroatoms. The number of amides is 1. The van der Waals surface area contributed by atoms with E-state index >= 15 is 0 Å². The minimum absolute atomic E-state index is 0.201. The molecule has 1 aliphatic heterocycles. The van der Waals surface area contributed by atoms with Crippen molar-refractivity contribution in [1.29, 1.82) is 0 Å². The van der Waals surface area contributed by atoms with Crippen molar-refractivity contribution in [3.8, 4) is 0 Å². The number of nitrogens with zero attached hydrogens (tertiary/aromatic N) is 3. The Balaban J connectivity index is 1.34. The second kappa shape index (κ2) is 7.22. The van der Waals surface area contributed by atoms with Crippen molar-refractivity contribution in [3.63, 3.8) is 0 Å². The molecule has 0 bridgehead atoms. The highest BCUT2D eigenvalue weighted by molar-refractivity contribution is 9.10. The summed E-state index contributed by atoms with van der Waals surface area (Å²) in [6.07, 6.45) is 3.08. The van der Waals surface area contributed by atoms with Crippen LogP contribution in [-0.4, -0.2) is 59.7 Å². The minimum Gasteiger partial charge on any atom is -0.450 e. The molecule has 0 radical (unpaired) electrons. The first-order chi connectivity index (χ1) is 14.4. The Morgan fingerprint density at radius 2 is 1.93 bits per heavy atom. The number of hydrogen-bond donors (Lipinski definition) is 1. The molecule has 154 valence electrons. The molecule has 4 aromatic rings. The van der Waals surface area contributed by atoms with Gasteiger partial charge in [0.15, 0.2) is 5.76 Å². The molecule has 1 saturated heterocycles. The second-order valence-corrected chi connectivity index (χ2v) is 9.78. The number of benzene rings is 1. The average molecular weight is 489 g/mol. The van der Waals surface area contributed by atoms with Crippen LogP contribution in [0.25, 0.3) is 22.0 Å². The van der Waals surface area contributed by atoms with Crippen molar-refractivity contribution < 1.29 is 17.6 Å². The first kappa shape index (κ1) is 19.3. The van der Waals surface area contributed by atoms with Gasteiger partial charge in [-0.3, -0.25) is 4.79 Å². The standard InChI is InChI=1S/C20H17BrN4O4S/c21-15-5-1-3-13-11-16(29-18(13)15)20(26)24-7-9-25(10-8-24)30(27,28)17-12-23-19-14(17)4-2-6-22-19/h1-6,11-12H,7-10H2,(H,22,23). The first-order valence-corrected chi connectivity index (χ1v) is 11.6. The fourth-order valence-corrected chi connectivity index (χ4v) is 5.74.